The lowest BCUT2D eigenvalue weighted by atomic mass is 10.2. The average Bonchev–Trinajstić information content (AvgIpc) is 3.13. The number of carbonyl (C=O) groups is 2. The molecule has 156 valence electrons. The Morgan fingerprint density at radius 3 is 2.76 bits per heavy atom. The molecule has 0 aliphatic carbocycles. The van der Waals surface area contributed by atoms with Crippen molar-refractivity contribution in [3.05, 3.63) is 34.3 Å². The fourth-order valence-electron chi connectivity index (χ4n) is 2.96. The first-order chi connectivity index (χ1) is 14.0. The molecule has 1 aromatic heterocycles. The van der Waals surface area contributed by atoms with Gasteiger partial charge in [0.05, 0.1) is 33.1 Å². The van der Waals surface area contributed by atoms with Gasteiger partial charge in [-0.05, 0) is 24.6 Å². The van der Waals surface area contributed by atoms with Gasteiger partial charge in [-0.15, -0.1) is 0 Å². The summed E-state index contributed by atoms with van der Waals surface area (Å²) < 4.78 is 15.4. The van der Waals surface area contributed by atoms with E-state index in [4.69, 9.17) is 14.2 Å². The van der Waals surface area contributed by atoms with Crippen molar-refractivity contribution in [1.29, 1.82) is 0 Å². The molecular weight excluding hydrogens is 396 g/mol. The van der Waals surface area contributed by atoms with Gasteiger partial charge in [-0.25, -0.2) is 14.6 Å². The van der Waals surface area contributed by atoms with Gasteiger partial charge in [0.25, 0.3) is 0 Å². The number of nitrogens with one attached hydrogen (secondary N) is 2. The Balaban J connectivity index is 1.57. The minimum atomic E-state index is -0.525. The van der Waals surface area contributed by atoms with Crippen molar-refractivity contribution in [3.63, 3.8) is 0 Å². The van der Waals surface area contributed by atoms with E-state index in [1.807, 2.05) is 18.2 Å². The zero-order valence-corrected chi connectivity index (χ0v) is 17.4. The summed E-state index contributed by atoms with van der Waals surface area (Å²) in [5.41, 5.74) is 1.82. The molecule has 2 heterocycles. The third-order valence-corrected chi connectivity index (χ3v) is 5.39. The van der Waals surface area contributed by atoms with Gasteiger partial charge >= 0.3 is 12.1 Å². The summed E-state index contributed by atoms with van der Waals surface area (Å²) in [6.45, 7) is 3.43. The SMILES string of the molecule is CCOC(=O)Nc1nc2c(s1)CN(C(=O)NCc1ccc(OC)c(OC)c1)CC2. The first-order valence-corrected chi connectivity index (χ1v) is 10.0. The van der Waals surface area contributed by atoms with Crippen molar-refractivity contribution < 1.29 is 23.8 Å². The predicted molar refractivity (Wildman–Crippen MR) is 109 cm³/mol. The summed E-state index contributed by atoms with van der Waals surface area (Å²) in [5, 5.41) is 6.03. The number of amides is 3. The first kappa shape index (κ1) is 20.7. The quantitative estimate of drug-likeness (QED) is 0.745. The van der Waals surface area contributed by atoms with Crippen LogP contribution in [0.5, 0.6) is 11.5 Å². The second-order valence-electron chi connectivity index (χ2n) is 6.25. The van der Waals surface area contributed by atoms with Crippen LogP contribution in [-0.2, 0) is 24.2 Å². The molecule has 2 aromatic rings. The number of carbonyl (C=O) groups excluding carboxylic acids is 2. The summed E-state index contributed by atoms with van der Waals surface area (Å²) in [5.74, 6) is 1.26. The smallest absolute Gasteiger partial charge is 0.413 e. The van der Waals surface area contributed by atoms with E-state index in [2.05, 4.69) is 15.6 Å². The number of fused-ring (bicyclic) bond motifs is 1. The maximum Gasteiger partial charge on any atom is 0.413 e. The number of methoxy groups -OCH3 is 2. The first-order valence-electron chi connectivity index (χ1n) is 9.20. The van der Waals surface area contributed by atoms with Crippen molar-refractivity contribution in [2.24, 2.45) is 0 Å². The average molecular weight is 420 g/mol. The minimum Gasteiger partial charge on any atom is -0.493 e. The van der Waals surface area contributed by atoms with Crippen LogP contribution in [0.4, 0.5) is 14.7 Å². The molecule has 0 fully saturated rings. The van der Waals surface area contributed by atoms with Crippen LogP contribution in [0, 0.1) is 0 Å². The number of rotatable bonds is 6. The molecule has 29 heavy (non-hydrogen) atoms. The molecule has 0 atom stereocenters. The van der Waals surface area contributed by atoms with Crippen molar-refractivity contribution in [1.82, 2.24) is 15.2 Å². The van der Waals surface area contributed by atoms with Gasteiger partial charge in [0.15, 0.2) is 16.6 Å². The number of aromatic nitrogens is 1. The van der Waals surface area contributed by atoms with Gasteiger partial charge in [-0.3, -0.25) is 5.32 Å². The highest BCUT2D eigenvalue weighted by molar-refractivity contribution is 7.15. The van der Waals surface area contributed by atoms with E-state index < -0.39 is 6.09 Å². The number of hydrogen-bond donors (Lipinski definition) is 2. The van der Waals surface area contributed by atoms with Gasteiger partial charge in [-0.1, -0.05) is 17.4 Å². The minimum absolute atomic E-state index is 0.154. The van der Waals surface area contributed by atoms with Crippen molar-refractivity contribution >= 4 is 28.6 Å². The molecule has 0 saturated heterocycles. The lowest BCUT2D eigenvalue weighted by Gasteiger charge is -2.26. The van der Waals surface area contributed by atoms with Crippen LogP contribution in [0.15, 0.2) is 18.2 Å². The van der Waals surface area contributed by atoms with Crippen LogP contribution in [-0.4, -0.2) is 49.4 Å². The van der Waals surface area contributed by atoms with Crippen LogP contribution in [0.25, 0.3) is 0 Å². The molecule has 2 N–H and O–H groups in total. The van der Waals surface area contributed by atoms with Gasteiger partial charge in [0, 0.05) is 24.4 Å². The third-order valence-electron chi connectivity index (χ3n) is 4.39. The fourth-order valence-corrected chi connectivity index (χ4v) is 3.97. The van der Waals surface area contributed by atoms with E-state index in [1.54, 1.807) is 26.0 Å². The molecule has 3 rings (SSSR count). The molecule has 1 aliphatic rings. The van der Waals surface area contributed by atoms with Crippen LogP contribution >= 0.6 is 11.3 Å². The Bertz CT molecular complexity index is 885. The lowest BCUT2D eigenvalue weighted by Crippen LogP contribution is -2.42. The predicted octanol–water partition coefficient (Wildman–Crippen LogP) is 3.00. The molecule has 1 aromatic carbocycles. The van der Waals surface area contributed by atoms with E-state index in [0.717, 1.165) is 16.1 Å². The summed E-state index contributed by atoms with van der Waals surface area (Å²) in [4.78, 5) is 31.2. The number of thiazole rings is 1. The number of urea groups is 1. The summed E-state index contributed by atoms with van der Waals surface area (Å²) >= 11 is 1.36. The number of nitrogens with zero attached hydrogens (tertiary/aromatic N) is 2. The molecule has 0 saturated carbocycles. The zero-order valence-electron chi connectivity index (χ0n) is 16.6. The lowest BCUT2D eigenvalue weighted by molar-refractivity contribution is 0.168. The van der Waals surface area contributed by atoms with Crippen LogP contribution in [0.3, 0.4) is 0 Å². The van der Waals surface area contributed by atoms with E-state index in [0.29, 0.717) is 49.3 Å². The van der Waals surface area contributed by atoms with Crippen molar-refractivity contribution in [3.8, 4) is 11.5 Å². The second kappa shape index (κ2) is 9.46. The molecule has 0 spiro atoms. The Morgan fingerprint density at radius 1 is 1.24 bits per heavy atom. The fraction of sp³-hybridized carbons (Fsp3) is 0.421. The second-order valence-corrected chi connectivity index (χ2v) is 7.34. The molecular formula is C19H24N4O5S. The van der Waals surface area contributed by atoms with Crippen molar-refractivity contribution in [2.45, 2.75) is 26.4 Å². The van der Waals surface area contributed by atoms with Gasteiger partial charge in [0.2, 0.25) is 0 Å². The van der Waals surface area contributed by atoms with Crippen LogP contribution in [0.1, 0.15) is 23.1 Å². The van der Waals surface area contributed by atoms with E-state index in [-0.39, 0.29) is 6.03 Å². The molecule has 10 heteroatoms. The maximum absolute atomic E-state index is 12.6. The molecule has 3 amide bonds. The summed E-state index contributed by atoms with van der Waals surface area (Å²) in [6.07, 6.45) is 0.114. The van der Waals surface area contributed by atoms with E-state index in [1.165, 1.54) is 11.3 Å². The van der Waals surface area contributed by atoms with Gasteiger partial charge in [-0.2, -0.15) is 0 Å². The Hall–Kier alpha value is -3.01. The van der Waals surface area contributed by atoms with Crippen LogP contribution in [0.2, 0.25) is 0 Å². The highest BCUT2D eigenvalue weighted by Crippen LogP contribution is 2.29. The molecule has 1 aliphatic heterocycles. The molecule has 9 nitrogen and oxygen atoms in total. The van der Waals surface area contributed by atoms with E-state index >= 15 is 0 Å². The van der Waals surface area contributed by atoms with Crippen LogP contribution < -0.4 is 20.1 Å². The van der Waals surface area contributed by atoms with Gasteiger partial charge < -0.3 is 24.4 Å². The molecule has 0 radical (unpaired) electrons. The van der Waals surface area contributed by atoms with Gasteiger partial charge in [0.1, 0.15) is 0 Å². The highest BCUT2D eigenvalue weighted by atomic mass is 32.1. The monoisotopic (exact) mass is 420 g/mol. The summed E-state index contributed by atoms with van der Waals surface area (Å²) in [7, 11) is 3.16. The Labute approximate surface area is 173 Å². The number of benzene rings is 1. The number of anilines is 1. The number of ether oxygens (including phenoxy) is 3. The maximum atomic E-state index is 12.6. The summed E-state index contributed by atoms with van der Waals surface area (Å²) in [6, 6.07) is 5.37. The topological polar surface area (TPSA) is 102 Å². The highest BCUT2D eigenvalue weighted by Gasteiger charge is 2.24. The molecule has 0 unspecified atom stereocenters. The largest absolute Gasteiger partial charge is 0.493 e. The zero-order chi connectivity index (χ0) is 20.8. The standard InChI is InChI=1S/C19H24N4O5S/c1-4-28-19(25)22-17-21-13-7-8-23(11-16(13)29-17)18(24)20-10-12-5-6-14(26-2)15(9-12)27-3/h5-6,9H,4,7-8,10-11H2,1-3H3,(H,20,24)(H,21,22,25). The van der Waals surface area contributed by atoms with E-state index in [9.17, 15) is 9.59 Å². The normalized spacial score (nSPS) is 12.7. The Kier molecular flexibility index (Phi) is 6.76. The Morgan fingerprint density at radius 2 is 2.03 bits per heavy atom. The number of hydrogen-bond acceptors (Lipinski definition) is 7. The van der Waals surface area contributed by atoms with Crippen molar-refractivity contribution in [2.75, 3.05) is 32.7 Å². The third kappa shape index (κ3) is 5.08. The molecule has 0 bridgehead atoms.